The second-order valence-electron chi connectivity index (χ2n) is 12.2. The number of sulfone groups is 1. The van der Waals surface area contributed by atoms with E-state index in [1.165, 1.54) is 7.05 Å². The van der Waals surface area contributed by atoms with Gasteiger partial charge in [-0.15, -0.1) is 0 Å². The van der Waals surface area contributed by atoms with Crippen LogP contribution in [0.15, 0.2) is 75.2 Å². The van der Waals surface area contributed by atoms with Crippen molar-refractivity contribution < 1.29 is 34.5 Å². The van der Waals surface area contributed by atoms with Gasteiger partial charge in [0.05, 0.1) is 24.8 Å². The Morgan fingerprint density at radius 2 is 1.74 bits per heavy atom. The highest BCUT2D eigenvalue weighted by Gasteiger charge is 2.54. The van der Waals surface area contributed by atoms with Gasteiger partial charge in [0.2, 0.25) is 0 Å². The summed E-state index contributed by atoms with van der Waals surface area (Å²) in [5, 5.41) is 3.69. The number of benzene rings is 2. The molecular weight excluding hydrogens is 608 g/mol. The van der Waals surface area contributed by atoms with Gasteiger partial charge in [-0.3, -0.25) is 4.98 Å². The summed E-state index contributed by atoms with van der Waals surface area (Å²) in [6.45, 7) is 6.26. The van der Waals surface area contributed by atoms with Crippen molar-refractivity contribution in [1.82, 2.24) is 20.0 Å². The molecule has 0 saturated carbocycles. The minimum atomic E-state index is -3.45. The average Bonchev–Trinajstić information content (AvgIpc) is 3.98. The lowest BCUT2D eigenvalue weighted by Gasteiger charge is -2.24. The van der Waals surface area contributed by atoms with E-state index in [9.17, 15) is 13.2 Å². The smallest absolute Gasteiger partial charge is 0.434 e. The summed E-state index contributed by atoms with van der Waals surface area (Å²) in [5.41, 5.74) is 1.30. The molecule has 4 aromatic rings. The lowest BCUT2D eigenvalue weighted by molar-refractivity contribution is 0.0285. The molecule has 236 valence electrons. The van der Waals surface area contributed by atoms with E-state index in [1.54, 1.807) is 95.4 Å². The lowest BCUT2D eigenvalue weighted by atomic mass is 9.91. The maximum atomic E-state index is 12.6. The number of rotatable bonds is 9. The molecule has 2 aliphatic heterocycles. The van der Waals surface area contributed by atoms with Gasteiger partial charge in [-0.05, 0) is 52.3 Å². The van der Waals surface area contributed by atoms with Crippen LogP contribution in [-0.2, 0) is 36.0 Å². The predicted octanol–water partition coefficient (Wildman–Crippen LogP) is 4.24. The summed E-state index contributed by atoms with van der Waals surface area (Å²) in [4.78, 5) is 27.8. The molecule has 0 aliphatic carbocycles. The molecular formula is C31H33B2N5O7S. The van der Waals surface area contributed by atoms with E-state index in [2.05, 4.69) is 15.1 Å². The Hall–Kier alpha value is -4.49. The zero-order valence-electron chi connectivity index (χ0n) is 28.3. The highest BCUT2D eigenvalue weighted by molar-refractivity contribution is 7.92. The van der Waals surface area contributed by atoms with Crippen molar-refractivity contribution in [3.05, 3.63) is 72.1 Å². The van der Waals surface area contributed by atoms with Gasteiger partial charge in [-0.25, -0.2) is 23.2 Å². The van der Waals surface area contributed by atoms with Crippen molar-refractivity contribution in [1.29, 1.82) is 0 Å². The quantitative estimate of drug-likeness (QED) is 0.191. The fourth-order valence-electron chi connectivity index (χ4n) is 4.50. The van der Waals surface area contributed by atoms with Crippen molar-refractivity contribution in [2.24, 2.45) is 4.99 Å². The molecule has 2 aliphatic rings. The number of amides is 1. The Labute approximate surface area is 271 Å². The molecule has 2 aromatic carbocycles. The summed E-state index contributed by atoms with van der Waals surface area (Å²) in [5.74, 6) is 0.825. The first-order valence-electron chi connectivity index (χ1n) is 15.6. The second kappa shape index (κ2) is 11.7. The number of aromatic nitrogens is 3. The zero-order chi connectivity index (χ0) is 34.6. The predicted molar refractivity (Wildman–Crippen MR) is 174 cm³/mol. The fraction of sp³-hybridized carbons (Fsp3) is 0.323. The third kappa shape index (κ3) is 6.70. The van der Waals surface area contributed by atoms with Gasteiger partial charge >= 0.3 is 21.1 Å². The Morgan fingerprint density at radius 1 is 1.11 bits per heavy atom. The van der Waals surface area contributed by atoms with E-state index in [1.807, 2.05) is 0 Å². The second-order valence-corrected chi connectivity index (χ2v) is 14.7. The minimum absolute atomic E-state index is 0.215. The van der Waals surface area contributed by atoms with E-state index >= 15 is 0 Å². The van der Waals surface area contributed by atoms with Crippen molar-refractivity contribution in [3.63, 3.8) is 0 Å². The van der Waals surface area contributed by atoms with E-state index in [-0.39, 0.29) is 23.7 Å². The van der Waals surface area contributed by atoms with Crippen LogP contribution in [0.4, 0.5) is 4.79 Å². The molecule has 1 amide bonds. The van der Waals surface area contributed by atoms with E-state index in [4.69, 9.17) is 26.3 Å². The third-order valence-corrected chi connectivity index (χ3v) is 9.30. The molecule has 2 fully saturated rings. The summed E-state index contributed by atoms with van der Waals surface area (Å²) in [7, 11) is -1.42. The van der Waals surface area contributed by atoms with Gasteiger partial charge in [-0.1, -0.05) is 41.6 Å². The Bertz CT molecular complexity index is 2010. The number of ether oxygens (including phenoxy) is 1. The molecule has 2 saturated heterocycles. The molecule has 15 heteroatoms. The Kier molecular flexibility index (Phi) is 7.36. The topological polar surface area (TPSA) is 153 Å². The molecule has 0 N–H and O–H groups in total. The normalized spacial score (nSPS) is 19.0. The maximum absolute atomic E-state index is 12.6. The highest BCUT2D eigenvalue weighted by atomic mass is 32.2. The fourth-order valence-corrected chi connectivity index (χ4v) is 5.56. The molecule has 46 heavy (non-hydrogen) atoms. The standard InChI is InChI=1S/C31H33B2N5O7S/c1-18(2)46(40,41)22-13-11-21(12-14-22)24-16-34-27(31(33-45-31)36-28-32-43-28)26(35-24)25-15-23(37-44-25)20-9-7-19(8-10-20)17-38(6)29(39)42-30(3,4)5/h7-16,18,32-33H,17H2,1-6H3/b36-28+/i17D2. The van der Waals surface area contributed by atoms with Gasteiger partial charge in [0.1, 0.15) is 22.7 Å². The number of nitrogens with zero attached hydrogens (tertiary/aromatic N) is 5. The third-order valence-electron chi connectivity index (χ3n) is 7.13. The van der Waals surface area contributed by atoms with Crippen LogP contribution in [0.25, 0.3) is 34.0 Å². The van der Waals surface area contributed by atoms with Gasteiger partial charge in [0, 0.05) is 30.7 Å². The first kappa shape index (κ1) is 28.9. The van der Waals surface area contributed by atoms with Gasteiger partial charge in [0.15, 0.2) is 27.0 Å². The first-order chi connectivity index (χ1) is 22.5. The molecule has 6 rings (SSSR count). The van der Waals surface area contributed by atoms with Crippen LogP contribution >= 0.6 is 0 Å². The molecule has 1 unspecified atom stereocenters. The molecule has 1 atom stereocenters. The first-order valence-corrected chi connectivity index (χ1v) is 16.2. The highest BCUT2D eigenvalue weighted by Crippen LogP contribution is 2.43. The Morgan fingerprint density at radius 3 is 2.33 bits per heavy atom. The zero-order valence-corrected chi connectivity index (χ0v) is 27.1. The van der Waals surface area contributed by atoms with Crippen LogP contribution in [0.3, 0.4) is 0 Å². The van der Waals surface area contributed by atoms with E-state index in [0.717, 1.165) is 4.90 Å². The van der Waals surface area contributed by atoms with Gasteiger partial charge in [-0.2, -0.15) is 0 Å². The SMILES string of the molecule is [2H]C([2H])(c1ccc(-c2cc(-c3nc(-c4ccc(S(=O)(=O)C(C)C)cc4)cnc3C3(/N=C4\BO4)BO3)on2)cc1)N(C)C(=O)OC(C)(C)C. The molecule has 0 radical (unpaired) electrons. The van der Waals surface area contributed by atoms with Gasteiger partial charge in [0.25, 0.3) is 0 Å². The molecule has 0 bridgehead atoms. The van der Waals surface area contributed by atoms with Crippen molar-refractivity contribution in [2.75, 3.05) is 7.05 Å². The van der Waals surface area contributed by atoms with Crippen LogP contribution in [0.2, 0.25) is 0 Å². The van der Waals surface area contributed by atoms with Crippen molar-refractivity contribution >= 4 is 36.7 Å². The maximum Gasteiger partial charge on any atom is 0.434 e. The van der Waals surface area contributed by atoms with Crippen LogP contribution in [0, 0.1) is 0 Å². The summed E-state index contributed by atoms with van der Waals surface area (Å²) < 4.78 is 64.5. The monoisotopic (exact) mass is 643 g/mol. The number of carbonyl (C=O) groups excluding carboxylic acids is 1. The minimum Gasteiger partial charge on any atom is -0.549 e. The average molecular weight is 643 g/mol. The lowest BCUT2D eigenvalue weighted by Crippen LogP contribution is -2.33. The van der Waals surface area contributed by atoms with E-state index in [0.29, 0.717) is 47.2 Å². The van der Waals surface area contributed by atoms with Crippen LogP contribution in [0.1, 0.15) is 48.6 Å². The number of hydrogen-bond donors (Lipinski definition) is 0. The largest absolute Gasteiger partial charge is 0.549 e. The summed E-state index contributed by atoms with van der Waals surface area (Å²) in [6, 6.07) is 14.6. The van der Waals surface area contributed by atoms with Crippen LogP contribution in [0.5, 0.6) is 0 Å². The van der Waals surface area contributed by atoms with Gasteiger partial charge < -0.3 is 23.5 Å². The number of carbonyl (C=O) groups is 1. The molecule has 4 heterocycles. The van der Waals surface area contributed by atoms with Crippen LogP contribution in [-0.4, -0.2) is 73.2 Å². The van der Waals surface area contributed by atoms with Crippen molar-refractivity contribution in [3.8, 4) is 34.0 Å². The summed E-state index contributed by atoms with van der Waals surface area (Å²) >= 11 is 0. The van der Waals surface area contributed by atoms with Crippen LogP contribution < -0.4 is 0 Å². The number of aliphatic imine (C=N–C) groups is 1. The summed E-state index contributed by atoms with van der Waals surface area (Å²) in [6.07, 6.45) is 0.782. The molecule has 0 spiro atoms. The van der Waals surface area contributed by atoms with E-state index < -0.39 is 38.9 Å². The molecule has 2 aromatic heterocycles. The number of hydrogen-bond acceptors (Lipinski definition) is 11. The molecule has 12 nitrogen and oxygen atoms in total. The van der Waals surface area contributed by atoms with Crippen molar-refractivity contribution in [2.45, 2.75) is 62.5 Å². The Balaban J connectivity index is 1.32.